The normalized spacial score (nSPS) is 16.8. The molecule has 0 bridgehead atoms. The molecule has 2 aromatic heterocycles. The van der Waals surface area contributed by atoms with Crippen LogP contribution in [0.3, 0.4) is 0 Å². The fourth-order valence-electron chi connectivity index (χ4n) is 2.31. The van der Waals surface area contributed by atoms with E-state index in [2.05, 4.69) is 25.4 Å². The van der Waals surface area contributed by atoms with Crippen molar-refractivity contribution in [2.24, 2.45) is 0 Å². The van der Waals surface area contributed by atoms with E-state index in [4.69, 9.17) is 17.3 Å². The van der Waals surface area contributed by atoms with E-state index in [9.17, 15) is 8.78 Å². The summed E-state index contributed by atoms with van der Waals surface area (Å²) in [5, 5.41) is 6.98. The Morgan fingerprint density at radius 3 is 2.62 bits per heavy atom. The summed E-state index contributed by atoms with van der Waals surface area (Å²) in [6.45, 7) is -2.67. The fraction of sp³-hybridized carbons (Fsp3) is 0.455. The lowest BCUT2D eigenvalue weighted by molar-refractivity contribution is 0.0552. The molecule has 7 nitrogen and oxygen atoms in total. The van der Waals surface area contributed by atoms with Crippen molar-refractivity contribution in [3.8, 4) is 0 Å². The minimum absolute atomic E-state index is 0.00918. The molecule has 2 aromatic rings. The summed E-state index contributed by atoms with van der Waals surface area (Å²) in [6.07, 6.45) is 3.66. The number of nitrogens with two attached hydrogens (primary N) is 1. The monoisotopic (exact) mass is 315 g/mol. The molecule has 0 atom stereocenters. The van der Waals surface area contributed by atoms with Crippen LogP contribution >= 0.6 is 11.6 Å². The van der Waals surface area contributed by atoms with Gasteiger partial charge in [-0.2, -0.15) is 28.8 Å². The smallest absolute Gasteiger partial charge is 0.333 e. The lowest BCUT2D eigenvalue weighted by Crippen LogP contribution is -2.43. The second kappa shape index (κ2) is 5.06. The van der Waals surface area contributed by atoms with Crippen molar-refractivity contribution >= 4 is 23.5 Å². The molecule has 2 heterocycles. The van der Waals surface area contributed by atoms with Gasteiger partial charge in [0.25, 0.3) is 0 Å². The molecule has 112 valence electrons. The molecule has 1 aliphatic rings. The van der Waals surface area contributed by atoms with Crippen LogP contribution < -0.4 is 11.1 Å². The van der Waals surface area contributed by atoms with Crippen molar-refractivity contribution < 1.29 is 8.78 Å². The highest BCUT2D eigenvalue weighted by atomic mass is 35.5. The van der Waals surface area contributed by atoms with Gasteiger partial charge in [-0.05, 0) is 36.9 Å². The number of rotatable bonds is 4. The van der Waals surface area contributed by atoms with Crippen LogP contribution in [0.5, 0.6) is 0 Å². The predicted octanol–water partition coefficient (Wildman–Crippen LogP) is 2.19. The van der Waals surface area contributed by atoms with Crippen molar-refractivity contribution in [1.82, 2.24) is 24.7 Å². The Bertz CT molecular complexity index is 636. The highest BCUT2D eigenvalue weighted by Gasteiger charge is 2.41. The minimum Gasteiger partial charge on any atom is -0.368 e. The van der Waals surface area contributed by atoms with Gasteiger partial charge in [0, 0.05) is 6.20 Å². The van der Waals surface area contributed by atoms with Gasteiger partial charge in [-0.1, -0.05) is 0 Å². The van der Waals surface area contributed by atoms with Gasteiger partial charge in [0.1, 0.15) is 0 Å². The van der Waals surface area contributed by atoms with E-state index >= 15 is 0 Å². The van der Waals surface area contributed by atoms with Crippen molar-refractivity contribution in [2.45, 2.75) is 31.4 Å². The van der Waals surface area contributed by atoms with Crippen molar-refractivity contribution in [3.63, 3.8) is 0 Å². The maximum atomic E-state index is 12.6. The maximum Gasteiger partial charge on any atom is 0.333 e. The van der Waals surface area contributed by atoms with Crippen LogP contribution in [0.15, 0.2) is 12.3 Å². The Labute approximate surface area is 123 Å². The summed E-state index contributed by atoms with van der Waals surface area (Å²) < 4.78 is 25.9. The number of aromatic nitrogens is 5. The van der Waals surface area contributed by atoms with Gasteiger partial charge in [0.15, 0.2) is 0 Å². The third-order valence-corrected chi connectivity index (χ3v) is 3.65. The van der Waals surface area contributed by atoms with Crippen molar-refractivity contribution in [3.05, 3.63) is 23.2 Å². The van der Waals surface area contributed by atoms with Crippen LogP contribution in [0.1, 0.15) is 31.5 Å². The first-order valence-corrected chi connectivity index (χ1v) is 6.65. The summed E-state index contributed by atoms with van der Waals surface area (Å²) in [5.74, 6) is 0.198. The molecule has 0 amide bonds. The number of nitrogens with zero attached hydrogens (tertiary/aromatic N) is 5. The highest BCUT2D eigenvalue weighted by molar-refractivity contribution is 6.28. The average Bonchev–Trinajstić information content (AvgIpc) is 2.82. The molecule has 1 fully saturated rings. The molecular weight excluding hydrogens is 304 g/mol. The molecule has 0 aliphatic heterocycles. The van der Waals surface area contributed by atoms with E-state index < -0.39 is 12.1 Å². The van der Waals surface area contributed by atoms with E-state index in [1.807, 2.05) is 0 Å². The summed E-state index contributed by atoms with van der Waals surface area (Å²) in [7, 11) is 0. The molecule has 10 heteroatoms. The van der Waals surface area contributed by atoms with E-state index in [1.165, 1.54) is 6.20 Å². The number of anilines is 2. The summed E-state index contributed by atoms with van der Waals surface area (Å²) >= 11 is 5.73. The molecule has 0 radical (unpaired) electrons. The molecule has 1 aliphatic carbocycles. The largest absolute Gasteiger partial charge is 0.368 e. The predicted molar refractivity (Wildman–Crippen MR) is 71.9 cm³/mol. The molecule has 1 saturated carbocycles. The standard InChI is InChI=1S/C11H12ClF2N7/c12-7-16-9(15)18-10(17-7)19-11(3-1-4-11)6-2-5-21(20-6)8(13)14/h2,5,8H,1,3-4H2,(H3,15,16,17,18,19). The first-order chi connectivity index (χ1) is 9.98. The fourth-order valence-corrected chi connectivity index (χ4v) is 2.48. The molecule has 3 N–H and O–H groups in total. The zero-order valence-corrected chi connectivity index (χ0v) is 11.6. The summed E-state index contributed by atoms with van der Waals surface area (Å²) in [6, 6.07) is 1.56. The summed E-state index contributed by atoms with van der Waals surface area (Å²) in [4.78, 5) is 11.6. The van der Waals surface area contributed by atoms with Gasteiger partial charge in [-0.25, -0.2) is 4.68 Å². The quantitative estimate of drug-likeness (QED) is 0.898. The second-order valence-corrected chi connectivity index (χ2v) is 5.14. The van der Waals surface area contributed by atoms with Crippen LogP contribution in [0.2, 0.25) is 5.28 Å². The van der Waals surface area contributed by atoms with E-state index in [0.717, 1.165) is 19.3 Å². The zero-order valence-electron chi connectivity index (χ0n) is 10.8. The van der Waals surface area contributed by atoms with Crippen LogP contribution in [0, 0.1) is 0 Å². The van der Waals surface area contributed by atoms with Gasteiger partial charge >= 0.3 is 6.55 Å². The van der Waals surface area contributed by atoms with E-state index in [0.29, 0.717) is 10.4 Å². The molecule has 0 unspecified atom stereocenters. The van der Waals surface area contributed by atoms with Gasteiger partial charge in [0.05, 0.1) is 11.2 Å². The second-order valence-electron chi connectivity index (χ2n) is 4.81. The van der Waals surface area contributed by atoms with Gasteiger partial charge < -0.3 is 11.1 Å². The minimum atomic E-state index is -2.67. The van der Waals surface area contributed by atoms with Crippen molar-refractivity contribution in [1.29, 1.82) is 0 Å². The van der Waals surface area contributed by atoms with Crippen LogP contribution in [-0.4, -0.2) is 24.7 Å². The third-order valence-electron chi connectivity index (χ3n) is 3.48. The lowest BCUT2D eigenvalue weighted by Gasteiger charge is -2.41. The number of nitrogens with one attached hydrogen (secondary N) is 1. The molecule has 21 heavy (non-hydrogen) atoms. The first-order valence-electron chi connectivity index (χ1n) is 6.27. The Kier molecular flexibility index (Phi) is 3.36. The third kappa shape index (κ3) is 2.60. The topological polar surface area (TPSA) is 94.5 Å². The maximum absolute atomic E-state index is 12.6. The Balaban J connectivity index is 1.89. The van der Waals surface area contributed by atoms with E-state index in [1.54, 1.807) is 6.07 Å². The van der Waals surface area contributed by atoms with Crippen LogP contribution in [0.25, 0.3) is 0 Å². The first kappa shape index (κ1) is 13.9. The molecular formula is C11H12ClF2N7. The number of hydrogen-bond acceptors (Lipinski definition) is 6. The van der Waals surface area contributed by atoms with Gasteiger partial charge in [-0.15, -0.1) is 0 Å². The van der Waals surface area contributed by atoms with Crippen LogP contribution in [-0.2, 0) is 5.54 Å². The lowest BCUT2D eigenvalue weighted by atomic mass is 9.74. The zero-order chi connectivity index (χ0) is 15.0. The number of halogens is 3. The molecule has 3 rings (SSSR count). The van der Waals surface area contributed by atoms with E-state index in [-0.39, 0.29) is 17.2 Å². The number of hydrogen-bond donors (Lipinski definition) is 2. The number of nitrogen functional groups attached to an aromatic ring is 1. The Hall–Kier alpha value is -2.03. The van der Waals surface area contributed by atoms with Crippen LogP contribution in [0.4, 0.5) is 20.7 Å². The molecule has 0 aromatic carbocycles. The number of alkyl halides is 2. The Morgan fingerprint density at radius 1 is 1.33 bits per heavy atom. The van der Waals surface area contributed by atoms with Crippen molar-refractivity contribution in [2.75, 3.05) is 11.1 Å². The Morgan fingerprint density at radius 2 is 2.10 bits per heavy atom. The SMILES string of the molecule is Nc1nc(Cl)nc(NC2(c3ccn(C(F)F)n3)CCC2)n1. The van der Waals surface area contributed by atoms with Gasteiger partial charge in [0.2, 0.25) is 17.2 Å². The molecule has 0 saturated heterocycles. The summed E-state index contributed by atoms with van der Waals surface area (Å²) in [5.41, 5.74) is 5.46. The van der Waals surface area contributed by atoms with Gasteiger partial charge in [-0.3, -0.25) is 0 Å². The highest BCUT2D eigenvalue weighted by Crippen LogP contribution is 2.43. The average molecular weight is 316 g/mol. The molecule has 0 spiro atoms.